The standard InChI is InChI=1S/C12H26O.C2H7N/c1-5-9-11(7-3)13-12(8-4)10-6-2;1-3-2/h11-12H,5-10H2,1-4H3;3H,1-2H3. The average molecular weight is 231 g/mol. The summed E-state index contributed by atoms with van der Waals surface area (Å²) in [6.07, 6.45) is 8.24. The number of rotatable bonds is 8. The molecule has 0 fully saturated rings. The lowest BCUT2D eigenvalue weighted by atomic mass is 10.1. The second-order valence-electron chi connectivity index (χ2n) is 4.27. The van der Waals surface area contributed by atoms with Gasteiger partial charge in [-0.25, -0.2) is 0 Å². The monoisotopic (exact) mass is 231 g/mol. The SMILES string of the molecule is CCCC(CC)OC(CC)CCC.CNC. The van der Waals surface area contributed by atoms with Crippen molar-refractivity contribution in [2.75, 3.05) is 14.1 Å². The van der Waals surface area contributed by atoms with Gasteiger partial charge in [-0.05, 0) is 39.8 Å². The first-order chi connectivity index (χ1) is 7.69. The number of hydrogen-bond acceptors (Lipinski definition) is 2. The van der Waals surface area contributed by atoms with Crippen molar-refractivity contribution in [1.82, 2.24) is 5.32 Å². The molecular weight excluding hydrogens is 198 g/mol. The highest BCUT2D eigenvalue weighted by Gasteiger charge is 2.11. The van der Waals surface area contributed by atoms with Crippen LogP contribution < -0.4 is 5.32 Å². The van der Waals surface area contributed by atoms with Crippen LogP contribution in [0.1, 0.15) is 66.2 Å². The minimum absolute atomic E-state index is 0.501. The van der Waals surface area contributed by atoms with Crippen molar-refractivity contribution in [1.29, 1.82) is 0 Å². The van der Waals surface area contributed by atoms with E-state index in [1.54, 1.807) is 0 Å². The lowest BCUT2D eigenvalue weighted by Crippen LogP contribution is -2.21. The largest absolute Gasteiger partial charge is 0.375 e. The average Bonchev–Trinajstić information content (AvgIpc) is 2.28. The molecule has 0 spiro atoms. The lowest BCUT2D eigenvalue weighted by molar-refractivity contribution is -0.0241. The normalized spacial score (nSPS) is 13.9. The molecule has 16 heavy (non-hydrogen) atoms. The van der Waals surface area contributed by atoms with E-state index in [2.05, 4.69) is 33.0 Å². The Hall–Kier alpha value is -0.0800. The third kappa shape index (κ3) is 12.0. The summed E-state index contributed by atoms with van der Waals surface area (Å²) < 4.78 is 6.03. The van der Waals surface area contributed by atoms with Gasteiger partial charge in [0.25, 0.3) is 0 Å². The van der Waals surface area contributed by atoms with Crippen molar-refractivity contribution in [2.24, 2.45) is 0 Å². The Morgan fingerprint density at radius 2 is 1.12 bits per heavy atom. The number of hydrogen-bond donors (Lipinski definition) is 1. The molecule has 1 N–H and O–H groups in total. The topological polar surface area (TPSA) is 21.3 Å². The Kier molecular flexibility index (Phi) is 17.1. The molecule has 0 aliphatic carbocycles. The summed E-state index contributed by atoms with van der Waals surface area (Å²) in [5.41, 5.74) is 0. The third-order valence-electron chi connectivity index (χ3n) is 2.52. The molecule has 100 valence electrons. The van der Waals surface area contributed by atoms with Gasteiger partial charge in [-0.1, -0.05) is 40.5 Å². The van der Waals surface area contributed by atoms with Crippen molar-refractivity contribution in [3.63, 3.8) is 0 Å². The third-order valence-corrected chi connectivity index (χ3v) is 2.52. The highest BCUT2D eigenvalue weighted by Crippen LogP contribution is 2.14. The molecule has 2 atom stereocenters. The van der Waals surface area contributed by atoms with E-state index in [4.69, 9.17) is 4.74 Å². The lowest BCUT2D eigenvalue weighted by Gasteiger charge is -2.22. The number of ether oxygens (including phenoxy) is 1. The van der Waals surface area contributed by atoms with Gasteiger partial charge >= 0.3 is 0 Å². The van der Waals surface area contributed by atoms with Gasteiger partial charge in [0.1, 0.15) is 0 Å². The van der Waals surface area contributed by atoms with Crippen molar-refractivity contribution in [3.05, 3.63) is 0 Å². The Morgan fingerprint density at radius 3 is 1.31 bits per heavy atom. The molecule has 0 aromatic heterocycles. The molecule has 0 saturated carbocycles. The molecule has 0 radical (unpaired) electrons. The molecule has 0 bridgehead atoms. The summed E-state index contributed by atoms with van der Waals surface area (Å²) in [4.78, 5) is 0. The van der Waals surface area contributed by atoms with E-state index in [1.165, 1.54) is 25.7 Å². The Morgan fingerprint density at radius 1 is 0.812 bits per heavy atom. The fourth-order valence-corrected chi connectivity index (χ4v) is 1.65. The molecule has 2 unspecified atom stereocenters. The minimum Gasteiger partial charge on any atom is -0.375 e. The van der Waals surface area contributed by atoms with Crippen molar-refractivity contribution < 1.29 is 4.74 Å². The smallest absolute Gasteiger partial charge is 0.0576 e. The Balaban J connectivity index is 0. The second-order valence-corrected chi connectivity index (χ2v) is 4.27. The van der Waals surface area contributed by atoms with Crippen LogP contribution in [0.25, 0.3) is 0 Å². The van der Waals surface area contributed by atoms with Crippen LogP contribution >= 0.6 is 0 Å². The summed E-state index contributed by atoms with van der Waals surface area (Å²) in [5.74, 6) is 0. The molecule has 0 rings (SSSR count). The van der Waals surface area contributed by atoms with E-state index in [0.717, 1.165) is 12.8 Å². The Labute approximate surface area is 103 Å². The molecule has 0 amide bonds. The van der Waals surface area contributed by atoms with Gasteiger partial charge < -0.3 is 10.1 Å². The van der Waals surface area contributed by atoms with Gasteiger partial charge in [-0.3, -0.25) is 0 Å². The first kappa shape index (κ1) is 18.3. The zero-order valence-corrected chi connectivity index (χ0v) is 12.3. The van der Waals surface area contributed by atoms with E-state index >= 15 is 0 Å². The molecule has 0 saturated heterocycles. The maximum Gasteiger partial charge on any atom is 0.0576 e. The van der Waals surface area contributed by atoms with Gasteiger partial charge in [-0.15, -0.1) is 0 Å². The molecule has 0 aliphatic rings. The first-order valence-corrected chi connectivity index (χ1v) is 6.93. The highest BCUT2D eigenvalue weighted by molar-refractivity contribution is 4.60. The predicted molar refractivity (Wildman–Crippen MR) is 74.0 cm³/mol. The van der Waals surface area contributed by atoms with Crippen LogP contribution in [0.15, 0.2) is 0 Å². The summed E-state index contributed by atoms with van der Waals surface area (Å²) in [6.45, 7) is 8.90. The molecule has 2 heteroatoms. The van der Waals surface area contributed by atoms with Gasteiger partial charge in [0.05, 0.1) is 12.2 Å². The van der Waals surface area contributed by atoms with E-state index in [-0.39, 0.29) is 0 Å². The van der Waals surface area contributed by atoms with E-state index < -0.39 is 0 Å². The molecule has 0 aromatic rings. The van der Waals surface area contributed by atoms with E-state index in [0.29, 0.717) is 12.2 Å². The van der Waals surface area contributed by atoms with Crippen LogP contribution in [0.3, 0.4) is 0 Å². The summed E-state index contributed by atoms with van der Waals surface area (Å²) in [5, 5.41) is 2.75. The summed E-state index contributed by atoms with van der Waals surface area (Å²) in [6, 6.07) is 0. The molecule has 0 aliphatic heterocycles. The molecular formula is C14H33NO. The van der Waals surface area contributed by atoms with Crippen molar-refractivity contribution in [3.8, 4) is 0 Å². The van der Waals surface area contributed by atoms with E-state index in [1.807, 2.05) is 14.1 Å². The van der Waals surface area contributed by atoms with Crippen LogP contribution in [0.5, 0.6) is 0 Å². The minimum atomic E-state index is 0.501. The van der Waals surface area contributed by atoms with Crippen molar-refractivity contribution in [2.45, 2.75) is 78.4 Å². The first-order valence-electron chi connectivity index (χ1n) is 6.93. The maximum atomic E-state index is 6.03. The van der Waals surface area contributed by atoms with Crippen LogP contribution in [0.2, 0.25) is 0 Å². The fraction of sp³-hybridized carbons (Fsp3) is 1.00. The predicted octanol–water partition coefficient (Wildman–Crippen LogP) is 4.00. The zero-order valence-electron chi connectivity index (χ0n) is 12.3. The van der Waals surface area contributed by atoms with Gasteiger partial charge in [-0.2, -0.15) is 0 Å². The van der Waals surface area contributed by atoms with Gasteiger partial charge in [0.15, 0.2) is 0 Å². The molecule has 0 aromatic carbocycles. The quantitative estimate of drug-likeness (QED) is 0.682. The van der Waals surface area contributed by atoms with Crippen LogP contribution in [-0.2, 0) is 4.74 Å². The van der Waals surface area contributed by atoms with Gasteiger partial charge in [0, 0.05) is 0 Å². The highest BCUT2D eigenvalue weighted by atomic mass is 16.5. The zero-order chi connectivity index (χ0) is 12.8. The summed E-state index contributed by atoms with van der Waals surface area (Å²) >= 11 is 0. The van der Waals surface area contributed by atoms with Crippen molar-refractivity contribution >= 4 is 0 Å². The maximum absolute atomic E-state index is 6.03. The fourth-order valence-electron chi connectivity index (χ4n) is 1.65. The molecule has 2 nitrogen and oxygen atoms in total. The van der Waals surface area contributed by atoms with Crippen LogP contribution in [0, 0.1) is 0 Å². The number of nitrogens with one attached hydrogen (secondary N) is 1. The Bertz CT molecular complexity index is 105. The summed E-state index contributed by atoms with van der Waals surface area (Å²) in [7, 11) is 3.75. The van der Waals surface area contributed by atoms with Crippen LogP contribution in [0.4, 0.5) is 0 Å². The van der Waals surface area contributed by atoms with E-state index in [9.17, 15) is 0 Å². The van der Waals surface area contributed by atoms with Gasteiger partial charge in [0.2, 0.25) is 0 Å². The van der Waals surface area contributed by atoms with Crippen LogP contribution in [-0.4, -0.2) is 26.3 Å². The second kappa shape index (κ2) is 14.9. The molecule has 0 heterocycles.